The van der Waals surface area contributed by atoms with Gasteiger partial charge in [0.05, 0.1) is 24.7 Å². The Kier molecular flexibility index (Phi) is 7.50. The SMILES string of the molecule is CCOP(OCC)C(F)(F)c1sc2ccc(C(=O)Nc3ccccc3)cc2c1CO. The fourth-order valence-electron chi connectivity index (χ4n) is 2.93. The largest absolute Gasteiger partial charge is 0.392 e. The van der Waals surface area contributed by atoms with Crippen molar-refractivity contribution in [2.45, 2.75) is 26.1 Å². The lowest BCUT2D eigenvalue weighted by molar-refractivity contribution is 0.0587. The molecular formula is C21H22F2NO4PS. The Morgan fingerprint density at radius 3 is 2.40 bits per heavy atom. The van der Waals surface area contributed by atoms with Crippen molar-refractivity contribution in [2.24, 2.45) is 0 Å². The van der Waals surface area contributed by atoms with Gasteiger partial charge in [0, 0.05) is 21.5 Å². The number of rotatable bonds is 9. The van der Waals surface area contributed by atoms with Crippen LogP contribution >= 0.6 is 19.7 Å². The molecule has 0 atom stereocenters. The molecule has 1 amide bonds. The third-order valence-electron chi connectivity index (χ3n) is 4.24. The van der Waals surface area contributed by atoms with Gasteiger partial charge in [-0.3, -0.25) is 4.79 Å². The number of aliphatic hydroxyl groups is 1. The number of hydrogen-bond acceptors (Lipinski definition) is 5. The normalized spacial score (nSPS) is 11.9. The van der Waals surface area contributed by atoms with E-state index in [4.69, 9.17) is 9.05 Å². The predicted octanol–water partition coefficient (Wildman–Crippen LogP) is 6.08. The summed E-state index contributed by atoms with van der Waals surface area (Å²) in [6.45, 7) is 2.84. The van der Waals surface area contributed by atoms with Gasteiger partial charge in [-0.25, -0.2) is 0 Å². The minimum atomic E-state index is -3.39. The molecule has 0 radical (unpaired) electrons. The average molecular weight is 453 g/mol. The Labute approximate surface area is 178 Å². The van der Waals surface area contributed by atoms with E-state index in [0.717, 1.165) is 11.3 Å². The number of anilines is 1. The van der Waals surface area contributed by atoms with Gasteiger partial charge >= 0.3 is 5.66 Å². The van der Waals surface area contributed by atoms with Gasteiger partial charge in [0.2, 0.25) is 0 Å². The highest BCUT2D eigenvalue weighted by atomic mass is 32.1. The molecule has 2 N–H and O–H groups in total. The first-order chi connectivity index (χ1) is 14.4. The summed E-state index contributed by atoms with van der Waals surface area (Å²) in [4.78, 5) is 12.3. The zero-order valence-electron chi connectivity index (χ0n) is 16.5. The number of nitrogens with one attached hydrogen (secondary N) is 1. The molecule has 0 bridgehead atoms. The monoisotopic (exact) mass is 453 g/mol. The summed E-state index contributed by atoms with van der Waals surface area (Å²) < 4.78 is 41.4. The number of carbonyl (C=O) groups excluding carboxylic acids is 1. The van der Waals surface area contributed by atoms with Crippen LogP contribution in [0.25, 0.3) is 10.1 Å². The number of para-hydroxylation sites is 1. The highest BCUT2D eigenvalue weighted by Gasteiger charge is 2.48. The minimum absolute atomic E-state index is 0.0845. The molecule has 30 heavy (non-hydrogen) atoms. The quantitative estimate of drug-likeness (QED) is 0.385. The zero-order chi connectivity index (χ0) is 21.7. The van der Waals surface area contributed by atoms with Gasteiger partial charge < -0.3 is 19.5 Å². The van der Waals surface area contributed by atoms with E-state index in [2.05, 4.69) is 5.32 Å². The third kappa shape index (κ3) is 4.68. The van der Waals surface area contributed by atoms with Crippen LogP contribution in [0.5, 0.6) is 0 Å². The van der Waals surface area contributed by atoms with E-state index >= 15 is 8.78 Å². The van der Waals surface area contributed by atoms with Crippen LogP contribution in [0.2, 0.25) is 0 Å². The number of hydrogen-bond donors (Lipinski definition) is 2. The Balaban J connectivity index is 1.99. The van der Waals surface area contributed by atoms with Gasteiger partial charge in [0.15, 0.2) is 0 Å². The molecule has 1 aromatic heterocycles. The summed E-state index contributed by atoms with van der Waals surface area (Å²) in [7, 11) is -2.51. The first kappa shape index (κ1) is 22.7. The molecule has 0 saturated carbocycles. The van der Waals surface area contributed by atoms with Crippen molar-refractivity contribution < 1.29 is 27.7 Å². The summed E-state index contributed by atoms with van der Waals surface area (Å²) in [6.07, 6.45) is 0. The van der Waals surface area contributed by atoms with E-state index in [1.165, 1.54) is 6.07 Å². The number of carbonyl (C=O) groups is 1. The molecule has 0 aliphatic carbocycles. The Bertz CT molecular complexity index is 1010. The molecule has 2 aromatic carbocycles. The van der Waals surface area contributed by atoms with Crippen molar-refractivity contribution in [1.29, 1.82) is 0 Å². The number of fused-ring (bicyclic) bond motifs is 1. The molecule has 9 heteroatoms. The molecule has 0 aliphatic heterocycles. The number of benzene rings is 2. The highest BCUT2D eigenvalue weighted by Crippen LogP contribution is 2.62. The van der Waals surface area contributed by atoms with Crippen molar-refractivity contribution in [3.05, 3.63) is 64.5 Å². The zero-order valence-corrected chi connectivity index (χ0v) is 18.2. The molecule has 0 fully saturated rings. The second-order valence-electron chi connectivity index (χ2n) is 6.23. The molecule has 160 valence electrons. The highest BCUT2D eigenvalue weighted by molar-refractivity contribution is 7.48. The second-order valence-corrected chi connectivity index (χ2v) is 8.88. The van der Waals surface area contributed by atoms with E-state index in [1.807, 2.05) is 6.07 Å². The maximum atomic E-state index is 15.2. The van der Waals surface area contributed by atoms with Crippen molar-refractivity contribution in [1.82, 2.24) is 0 Å². The number of aliphatic hydroxyl groups excluding tert-OH is 1. The summed E-state index contributed by atoms with van der Waals surface area (Å²) in [5.41, 5.74) is -2.37. The van der Waals surface area contributed by atoms with Crippen LogP contribution in [-0.4, -0.2) is 24.2 Å². The van der Waals surface area contributed by atoms with Gasteiger partial charge in [-0.15, -0.1) is 11.3 Å². The first-order valence-corrected chi connectivity index (χ1v) is 11.4. The van der Waals surface area contributed by atoms with Crippen LogP contribution in [0.3, 0.4) is 0 Å². The Morgan fingerprint density at radius 1 is 1.13 bits per heavy atom. The maximum Gasteiger partial charge on any atom is 0.349 e. The Hall–Kier alpha value is -1.96. The lowest BCUT2D eigenvalue weighted by Crippen LogP contribution is -2.15. The van der Waals surface area contributed by atoms with Gasteiger partial charge in [0.25, 0.3) is 14.3 Å². The third-order valence-corrected chi connectivity index (χ3v) is 7.34. The van der Waals surface area contributed by atoms with E-state index in [1.54, 1.807) is 50.2 Å². The molecule has 0 saturated heterocycles. The fourth-order valence-corrected chi connectivity index (χ4v) is 5.53. The number of amides is 1. The standard InChI is InChI=1S/C21H22F2NO4PS/c1-3-27-29(28-4-2)21(22,23)19-17(13-25)16-12-14(10-11-18(16)30-19)20(26)24-15-8-6-5-7-9-15/h5-12,25H,3-4,13H2,1-2H3,(H,24,26). The summed E-state index contributed by atoms with van der Waals surface area (Å²) in [6, 6.07) is 13.7. The van der Waals surface area contributed by atoms with Gasteiger partial charge in [-0.05, 0) is 49.6 Å². The first-order valence-electron chi connectivity index (χ1n) is 9.39. The predicted molar refractivity (Wildman–Crippen MR) is 116 cm³/mol. The van der Waals surface area contributed by atoms with Crippen molar-refractivity contribution in [2.75, 3.05) is 18.5 Å². The number of thiophene rings is 1. The lowest BCUT2D eigenvalue weighted by atomic mass is 10.1. The summed E-state index contributed by atoms with van der Waals surface area (Å²) >= 11 is 0.874. The van der Waals surface area contributed by atoms with Crippen LogP contribution < -0.4 is 5.32 Å². The van der Waals surface area contributed by atoms with Gasteiger partial charge in [-0.1, -0.05) is 18.2 Å². The molecule has 5 nitrogen and oxygen atoms in total. The van der Waals surface area contributed by atoms with Gasteiger partial charge in [-0.2, -0.15) is 8.78 Å². The van der Waals surface area contributed by atoms with E-state index in [-0.39, 0.29) is 29.6 Å². The summed E-state index contributed by atoms with van der Waals surface area (Å²) in [5.74, 6) is -0.364. The summed E-state index contributed by atoms with van der Waals surface area (Å²) in [5, 5.41) is 13.1. The van der Waals surface area contributed by atoms with E-state index in [9.17, 15) is 9.90 Å². The van der Waals surface area contributed by atoms with E-state index in [0.29, 0.717) is 21.3 Å². The molecule has 1 heterocycles. The number of alkyl halides is 2. The molecule has 0 unspecified atom stereocenters. The van der Waals surface area contributed by atoms with Crippen molar-refractivity contribution in [3.8, 4) is 0 Å². The van der Waals surface area contributed by atoms with Gasteiger partial charge in [0.1, 0.15) is 0 Å². The topological polar surface area (TPSA) is 67.8 Å². The van der Waals surface area contributed by atoms with Crippen LogP contribution in [0.15, 0.2) is 48.5 Å². The smallest absolute Gasteiger partial charge is 0.349 e. The van der Waals surface area contributed by atoms with Crippen LogP contribution in [0, 0.1) is 0 Å². The maximum absolute atomic E-state index is 15.2. The minimum Gasteiger partial charge on any atom is -0.392 e. The molecule has 0 aliphatic rings. The lowest BCUT2D eigenvalue weighted by Gasteiger charge is -2.24. The van der Waals surface area contributed by atoms with Crippen LogP contribution in [0.4, 0.5) is 14.5 Å². The Morgan fingerprint density at radius 2 is 1.80 bits per heavy atom. The van der Waals surface area contributed by atoms with Crippen LogP contribution in [-0.2, 0) is 21.3 Å². The fraction of sp³-hybridized carbons (Fsp3) is 0.286. The average Bonchev–Trinajstić information content (AvgIpc) is 3.13. The van der Waals surface area contributed by atoms with Crippen molar-refractivity contribution >= 4 is 41.4 Å². The molecule has 3 rings (SSSR count). The molecule has 3 aromatic rings. The van der Waals surface area contributed by atoms with Crippen molar-refractivity contribution in [3.63, 3.8) is 0 Å². The number of halogens is 2. The second kappa shape index (κ2) is 9.90. The molecular weight excluding hydrogens is 431 g/mol. The van der Waals surface area contributed by atoms with E-state index < -0.39 is 20.6 Å². The van der Waals surface area contributed by atoms with Crippen LogP contribution in [0.1, 0.15) is 34.6 Å². The molecule has 0 spiro atoms.